The number of nitro benzene ring substituents is 1. The molecule has 0 bridgehead atoms. The van der Waals surface area contributed by atoms with Crippen LogP contribution in [0.1, 0.15) is 10.4 Å². The summed E-state index contributed by atoms with van der Waals surface area (Å²) in [5, 5.41) is 13.5. The molecule has 0 aromatic heterocycles. The van der Waals surface area contributed by atoms with Gasteiger partial charge in [0.25, 0.3) is 11.6 Å². The summed E-state index contributed by atoms with van der Waals surface area (Å²) in [5.74, 6) is -0.383. The standard InChI is InChI=1S/C13H8BrIN2O3/c14-9-3-6-11(12(7-9)17(19)20)16-13(18)8-1-4-10(15)5-2-8/h1-7H,(H,16,18). The van der Waals surface area contributed by atoms with Gasteiger partial charge in [-0.2, -0.15) is 0 Å². The van der Waals surface area contributed by atoms with E-state index in [9.17, 15) is 14.9 Å². The van der Waals surface area contributed by atoms with Gasteiger partial charge in [-0.25, -0.2) is 0 Å². The third-order valence-corrected chi connectivity index (χ3v) is 3.72. The van der Waals surface area contributed by atoms with Gasteiger partial charge in [0.05, 0.1) is 4.92 Å². The predicted molar refractivity (Wildman–Crippen MR) is 87.9 cm³/mol. The van der Waals surface area contributed by atoms with E-state index >= 15 is 0 Å². The zero-order valence-corrected chi connectivity index (χ0v) is 13.7. The van der Waals surface area contributed by atoms with Crippen LogP contribution in [0.3, 0.4) is 0 Å². The highest BCUT2D eigenvalue weighted by Crippen LogP contribution is 2.28. The fraction of sp³-hybridized carbons (Fsp3) is 0. The van der Waals surface area contributed by atoms with E-state index < -0.39 is 4.92 Å². The van der Waals surface area contributed by atoms with E-state index in [0.717, 1.165) is 3.57 Å². The van der Waals surface area contributed by atoms with E-state index in [-0.39, 0.29) is 17.3 Å². The van der Waals surface area contributed by atoms with Crippen molar-refractivity contribution in [1.29, 1.82) is 0 Å². The molecule has 0 spiro atoms. The minimum Gasteiger partial charge on any atom is -0.316 e. The van der Waals surface area contributed by atoms with Gasteiger partial charge < -0.3 is 5.32 Å². The number of carbonyl (C=O) groups is 1. The number of hydrogen-bond acceptors (Lipinski definition) is 3. The second kappa shape index (κ2) is 6.31. The van der Waals surface area contributed by atoms with Crippen molar-refractivity contribution in [1.82, 2.24) is 0 Å². The van der Waals surface area contributed by atoms with Gasteiger partial charge in [0.2, 0.25) is 0 Å². The van der Waals surface area contributed by atoms with Gasteiger partial charge in [-0.15, -0.1) is 0 Å². The summed E-state index contributed by atoms with van der Waals surface area (Å²) in [7, 11) is 0. The first kappa shape index (κ1) is 14.9. The maximum Gasteiger partial charge on any atom is 0.293 e. The highest BCUT2D eigenvalue weighted by molar-refractivity contribution is 14.1. The fourth-order valence-electron chi connectivity index (χ4n) is 1.56. The van der Waals surface area contributed by atoms with Crippen molar-refractivity contribution < 1.29 is 9.72 Å². The van der Waals surface area contributed by atoms with Crippen LogP contribution in [0.5, 0.6) is 0 Å². The molecule has 0 unspecified atom stereocenters. The van der Waals surface area contributed by atoms with E-state index in [4.69, 9.17) is 0 Å². The molecular weight excluding hydrogens is 439 g/mol. The molecular formula is C13H8BrIN2O3. The average molecular weight is 447 g/mol. The summed E-state index contributed by atoms with van der Waals surface area (Å²) in [6.07, 6.45) is 0. The number of anilines is 1. The van der Waals surface area contributed by atoms with Crippen LogP contribution >= 0.6 is 38.5 Å². The molecule has 0 saturated heterocycles. The van der Waals surface area contributed by atoms with E-state index in [1.165, 1.54) is 12.1 Å². The summed E-state index contributed by atoms with van der Waals surface area (Å²) >= 11 is 5.30. The number of amides is 1. The van der Waals surface area contributed by atoms with Crippen molar-refractivity contribution in [2.24, 2.45) is 0 Å². The van der Waals surface area contributed by atoms with E-state index in [0.29, 0.717) is 10.0 Å². The van der Waals surface area contributed by atoms with Crippen LogP contribution in [-0.4, -0.2) is 10.8 Å². The Balaban J connectivity index is 2.28. The maximum atomic E-state index is 12.0. The number of nitrogens with one attached hydrogen (secondary N) is 1. The van der Waals surface area contributed by atoms with Crippen LogP contribution in [0.15, 0.2) is 46.9 Å². The molecule has 1 amide bonds. The van der Waals surface area contributed by atoms with Crippen LogP contribution < -0.4 is 5.32 Å². The molecule has 2 aromatic carbocycles. The van der Waals surface area contributed by atoms with Crippen LogP contribution in [0, 0.1) is 13.7 Å². The zero-order valence-electron chi connectivity index (χ0n) is 9.97. The lowest BCUT2D eigenvalue weighted by Crippen LogP contribution is -2.13. The molecule has 0 aliphatic heterocycles. The Morgan fingerprint density at radius 2 is 1.85 bits per heavy atom. The molecule has 0 radical (unpaired) electrons. The Bertz CT molecular complexity index is 674. The van der Waals surface area contributed by atoms with Crippen LogP contribution in [0.4, 0.5) is 11.4 Å². The maximum absolute atomic E-state index is 12.0. The quantitative estimate of drug-likeness (QED) is 0.436. The first-order valence-corrected chi connectivity index (χ1v) is 7.35. The van der Waals surface area contributed by atoms with Crippen molar-refractivity contribution in [2.45, 2.75) is 0 Å². The molecule has 102 valence electrons. The van der Waals surface area contributed by atoms with Crippen molar-refractivity contribution in [2.75, 3.05) is 5.32 Å². The van der Waals surface area contributed by atoms with Gasteiger partial charge in [-0.1, -0.05) is 15.9 Å². The second-order valence-electron chi connectivity index (χ2n) is 3.88. The highest BCUT2D eigenvalue weighted by atomic mass is 127. The van der Waals surface area contributed by atoms with Crippen LogP contribution in [0.25, 0.3) is 0 Å². The van der Waals surface area contributed by atoms with Crippen LogP contribution in [0.2, 0.25) is 0 Å². The number of hydrogen-bond donors (Lipinski definition) is 1. The van der Waals surface area contributed by atoms with Gasteiger partial charge in [0, 0.05) is 19.7 Å². The van der Waals surface area contributed by atoms with Gasteiger partial charge >= 0.3 is 0 Å². The second-order valence-corrected chi connectivity index (χ2v) is 6.04. The summed E-state index contributed by atoms with van der Waals surface area (Å²) in [6, 6.07) is 11.4. The number of rotatable bonds is 3. The van der Waals surface area contributed by atoms with Gasteiger partial charge in [0.1, 0.15) is 5.69 Å². The Kier molecular flexibility index (Phi) is 4.71. The lowest BCUT2D eigenvalue weighted by Gasteiger charge is -2.06. The third-order valence-electron chi connectivity index (χ3n) is 2.51. The smallest absolute Gasteiger partial charge is 0.293 e. The minimum absolute atomic E-state index is 0.154. The molecule has 2 rings (SSSR count). The minimum atomic E-state index is -0.533. The third kappa shape index (κ3) is 3.54. The molecule has 0 fully saturated rings. The molecule has 2 aromatic rings. The number of carbonyl (C=O) groups excluding carboxylic acids is 1. The van der Waals surface area contributed by atoms with E-state index in [1.54, 1.807) is 30.3 Å². The summed E-state index contributed by atoms with van der Waals surface area (Å²) in [4.78, 5) is 22.5. The van der Waals surface area contributed by atoms with Gasteiger partial charge in [-0.3, -0.25) is 14.9 Å². The molecule has 20 heavy (non-hydrogen) atoms. The van der Waals surface area contributed by atoms with E-state index in [1.807, 2.05) is 0 Å². The van der Waals surface area contributed by atoms with Crippen LogP contribution in [-0.2, 0) is 0 Å². The number of nitrogens with zero attached hydrogens (tertiary/aromatic N) is 1. The topological polar surface area (TPSA) is 72.2 Å². The fourth-order valence-corrected chi connectivity index (χ4v) is 2.27. The molecule has 5 nitrogen and oxygen atoms in total. The first-order valence-electron chi connectivity index (χ1n) is 5.48. The Morgan fingerprint density at radius 3 is 2.45 bits per heavy atom. The normalized spacial score (nSPS) is 10.1. The molecule has 0 atom stereocenters. The lowest BCUT2D eigenvalue weighted by atomic mass is 10.2. The summed E-state index contributed by atoms with van der Waals surface area (Å²) in [6.45, 7) is 0. The predicted octanol–water partition coefficient (Wildman–Crippen LogP) is 4.21. The monoisotopic (exact) mass is 446 g/mol. The number of benzene rings is 2. The molecule has 1 N–H and O–H groups in total. The highest BCUT2D eigenvalue weighted by Gasteiger charge is 2.17. The zero-order chi connectivity index (χ0) is 14.7. The molecule has 0 saturated carbocycles. The number of halogens is 2. The summed E-state index contributed by atoms with van der Waals surface area (Å²) in [5.41, 5.74) is 0.461. The molecule has 0 aliphatic carbocycles. The SMILES string of the molecule is O=C(Nc1ccc(Br)cc1[N+](=O)[O-])c1ccc(I)cc1. The Hall–Kier alpha value is -1.48. The average Bonchev–Trinajstić information content (AvgIpc) is 2.41. The largest absolute Gasteiger partial charge is 0.316 e. The van der Waals surface area contributed by atoms with Crippen molar-refractivity contribution in [3.63, 3.8) is 0 Å². The Morgan fingerprint density at radius 1 is 1.20 bits per heavy atom. The first-order chi connectivity index (χ1) is 9.47. The summed E-state index contributed by atoms with van der Waals surface area (Å²) < 4.78 is 1.59. The van der Waals surface area contributed by atoms with E-state index in [2.05, 4.69) is 43.8 Å². The lowest BCUT2D eigenvalue weighted by molar-refractivity contribution is -0.384. The van der Waals surface area contributed by atoms with Crippen molar-refractivity contribution >= 4 is 55.8 Å². The molecule has 0 heterocycles. The van der Waals surface area contributed by atoms with Crippen molar-refractivity contribution in [3.8, 4) is 0 Å². The number of nitro groups is 1. The van der Waals surface area contributed by atoms with Gasteiger partial charge in [-0.05, 0) is 59.0 Å². The van der Waals surface area contributed by atoms with Crippen molar-refractivity contribution in [3.05, 3.63) is 66.2 Å². The van der Waals surface area contributed by atoms with Gasteiger partial charge in [0.15, 0.2) is 0 Å². The Labute approximate surface area is 136 Å². The molecule has 7 heteroatoms. The molecule has 0 aliphatic rings.